The fourth-order valence-corrected chi connectivity index (χ4v) is 5.12. The molecule has 108 valence electrons. The van der Waals surface area contributed by atoms with Gasteiger partial charge in [-0.3, -0.25) is 0 Å². The molecule has 0 aromatic carbocycles. The molecule has 0 bridgehead atoms. The van der Waals surface area contributed by atoms with Gasteiger partial charge < -0.3 is 4.90 Å². The van der Waals surface area contributed by atoms with Gasteiger partial charge in [0.1, 0.15) is 4.21 Å². The average Bonchev–Trinajstić information content (AvgIpc) is 2.81. The number of rotatable bonds is 5. The van der Waals surface area contributed by atoms with Gasteiger partial charge in [-0.2, -0.15) is 4.72 Å². The van der Waals surface area contributed by atoms with Gasteiger partial charge in [-0.05, 0) is 44.6 Å². The second-order valence-corrected chi connectivity index (χ2v) is 8.77. The van der Waals surface area contributed by atoms with E-state index in [9.17, 15) is 8.42 Å². The van der Waals surface area contributed by atoms with Crippen molar-refractivity contribution in [3.8, 4) is 0 Å². The van der Waals surface area contributed by atoms with Crippen LogP contribution in [0.3, 0.4) is 0 Å². The molecule has 2 rings (SSSR count). The summed E-state index contributed by atoms with van der Waals surface area (Å²) in [6, 6.07) is 3.42. The third-order valence-electron chi connectivity index (χ3n) is 3.42. The van der Waals surface area contributed by atoms with Gasteiger partial charge in [0, 0.05) is 0 Å². The first-order chi connectivity index (χ1) is 8.89. The number of hydrogen-bond donors (Lipinski definition) is 2. The van der Waals surface area contributed by atoms with Crippen molar-refractivity contribution in [2.45, 2.75) is 42.9 Å². The van der Waals surface area contributed by atoms with Crippen molar-refractivity contribution >= 4 is 21.4 Å². The van der Waals surface area contributed by atoms with Gasteiger partial charge in [0.2, 0.25) is 0 Å². The van der Waals surface area contributed by atoms with Crippen LogP contribution < -0.4 is 9.62 Å². The summed E-state index contributed by atoms with van der Waals surface area (Å²) in [5.41, 5.74) is -0.407. The molecule has 1 fully saturated rings. The van der Waals surface area contributed by atoms with Gasteiger partial charge in [0.25, 0.3) is 10.0 Å². The van der Waals surface area contributed by atoms with Crippen molar-refractivity contribution in [2.24, 2.45) is 0 Å². The van der Waals surface area contributed by atoms with Gasteiger partial charge in [-0.25, -0.2) is 8.42 Å². The van der Waals surface area contributed by atoms with Gasteiger partial charge in [-0.1, -0.05) is 6.07 Å². The second kappa shape index (κ2) is 5.91. The van der Waals surface area contributed by atoms with Gasteiger partial charge in [-0.15, -0.1) is 11.3 Å². The molecule has 4 nitrogen and oxygen atoms in total. The smallest absolute Gasteiger partial charge is 0.250 e. The SMILES string of the molecule is CC(C)(C[NH+]1CCCCC1)NS(=O)(=O)c1cccs1. The highest BCUT2D eigenvalue weighted by atomic mass is 32.2. The van der Waals surface area contributed by atoms with Crippen molar-refractivity contribution in [1.29, 1.82) is 0 Å². The van der Waals surface area contributed by atoms with Gasteiger partial charge in [0.15, 0.2) is 0 Å². The van der Waals surface area contributed by atoms with Crippen LogP contribution in [0, 0.1) is 0 Å². The molecule has 1 aromatic heterocycles. The molecule has 0 aliphatic carbocycles. The maximum Gasteiger partial charge on any atom is 0.250 e. The van der Waals surface area contributed by atoms with Crippen LogP contribution in [0.2, 0.25) is 0 Å². The Bertz CT molecular complexity index is 489. The van der Waals surface area contributed by atoms with Crippen LogP contribution in [-0.4, -0.2) is 33.6 Å². The lowest BCUT2D eigenvalue weighted by molar-refractivity contribution is -0.908. The molecule has 1 aromatic rings. The van der Waals surface area contributed by atoms with Crippen LogP contribution in [0.5, 0.6) is 0 Å². The van der Waals surface area contributed by atoms with Crippen LogP contribution in [0.15, 0.2) is 21.7 Å². The quantitative estimate of drug-likeness (QED) is 0.848. The van der Waals surface area contributed by atoms with E-state index >= 15 is 0 Å². The number of thiophene rings is 1. The zero-order valence-electron chi connectivity index (χ0n) is 11.6. The Morgan fingerprint density at radius 3 is 2.58 bits per heavy atom. The Morgan fingerprint density at radius 1 is 1.32 bits per heavy atom. The van der Waals surface area contributed by atoms with Crippen molar-refractivity contribution in [1.82, 2.24) is 4.72 Å². The molecule has 2 N–H and O–H groups in total. The van der Waals surface area contributed by atoms with Gasteiger partial charge >= 0.3 is 0 Å². The summed E-state index contributed by atoms with van der Waals surface area (Å²) in [4.78, 5) is 1.50. The van der Waals surface area contributed by atoms with E-state index in [2.05, 4.69) is 4.72 Å². The maximum atomic E-state index is 12.2. The molecule has 1 aliphatic heterocycles. The van der Waals surface area contributed by atoms with E-state index in [-0.39, 0.29) is 0 Å². The average molecular weight is 303 g/mol. The largest absolute Gasteiger partial charge is 0.333 e. The van der Waals surface area contributed by atoms with Crippen molar-refractivity contribution in [3.63, 3.8) is 0 Å². The van der Waals surface area contributed by atoms with Crippen LogP contribution in [0.1, 0.15) is 33.1 Å². The summed E-state index contributed by atoms with van der Waals surface area (Å²) in [5.74, 6) is 0. The molecule has 1 aliphatic rings. The Labute approximate surface area is 119 Å². The second-order valence-electron chi connectivity index (χ2n) is 5.91. The minimum Gasteiger partial charge on any atom is -0.333 e. The van der Waals surface area contributed by atoms with E-state index in [1.54, 1.807) is 17.5 Å². The zero-order chi connectivity index (χ0) is 13.9. The molecule has 2 heterocycles. The molecule has 0 unspecified atom stereocenters. The number of hydrogen-bond acceptors (Lipinski definition) is 3. The van der Waals surface area contributed by atoms with E-state index in [1.807, 2.05) is 13.8 Å². The normalized spacial score (nSPS) is 18.6. The molecule has 0 radical (unpaired) electrons. The number of quaternary nitrogens is 1. The predicted octanol–water partition coefficient (Wildman–Crippen LogP) is 0.874. The predicted molar refractivity (Wildman–Crippen MR) is 78.1 cm³/mol. The highest BCUT2D eigenvalue weighted by Gasteiger charge is 2.31. The molecule has 1 saturated heterocycles. The van der Waals surface area contributed by atoms with Gasteiger partial charge in [0.05, 0.1) is 25.2 Å². The van der Waals surface area contributed by atoms with Crippen molar-refractivity contribution in [2.75, 3.05) is 19.6 Å². The van der Waals surface area contributed by atoms with Crippen molar-refractivity contribution in [3.05, 3.63) is 17.5 Å². The lowest BCUT2D eigenvalue weighted by Gasteiger charge is -2.32. The van der Waals surface area contributed by atoms with Crippen LogP contribution in [0.4, 0.5) is 0 Å². The number of sulfonamides is 1. The Hall–Kier alpha value is -0.430. The molecule has 19 heavy (non-hydrogen) atoms. The monoisotopic (exact) mass is 303 g/mol. The summed E-state index contributed by atoms with van der Waals surface area (Å²) in [6.45, 7) is 7.10. The van der Waals surface area contributed by atoms with Crippen LogP contribution >= 0.6 is 11.3 Å². The van der Waals surface area contributed by atoms with E-state index in [1.165, 1.54) is 35.5 Å². The lowest BCUT2D eigenvalue weighted by Crippen LogP contribution is -3.14. The Morgan fingerprint density at radius 2 is 2.00 bits per heavy atom. The minimum absolute atomic E-state index is 0.397. The highest BCUT2D eigenvalue weighted by molar-refractivity contribution is 7.91. The first-order valence-corrected chi connectivity index (χ1v) is 9.16. The summed E-state index contributed by atoms with van der Waals surface area (Å²) in [7, 11) is -3.37. The third-order valence-corrected chi connectivity index (χ3v) is 6.52. The molecule has 0 spiro atoms. The molecule has 0 amide bonds. The van der Waals surface area contributed by atoms with E-state index in [0.717, 1.165) is 19.6 Å². The zero-order valence-corrected chi connectivity index (χ0v) is 13.2. The van der Waals surface area contributed by atoms with E-state index in [0.29, 0.717) is 4.21 Å². The summed E-state index contributed by atoms with van der Waals surface area (Å²) >= 11 is 1.26. The summed E-state index contributed by atoms with van der Waals surface area (Å²) in [5, 5.41) is 1.79. The molecular formula is C13H23N2O2S2+. The number of nitrogens with one attached hydrogen (secondary N) is 2. The molecule has 0 saturated carbocycles. The highest BCUT2D eigenvalue weighted by Crippen LogP contribution is 2.17. The summed E-state index contributed by atoms with van der Waals surface area (Å²) in [6.07, 6.45) is 3.82. The topological polar surface area (TPSA) is 50.6 Å². The first-order valence-electron chi connectivity index (χ1n) is 6.80. The van der Waals surface area contributed by atoms with E-state index in [4.69, 9.17) is 0 Å². The molecular weight excluding hydrogens is 280 g/mol. The lowest BCUT2D eigenvalue weighted by atomic mass is 10.0. The number of piperidine rings is 1. The molecule has 6 heteroatoms. The number of likely N-dealkylation sites (tertiary alicyclic amines) is 1. The van der Waals surface area contributed by atoms with E-state index < -0.39 is 15.6 Å². The standard InChI is InChI=1S/C13H22N2O2S2/c1-13(2,11-15-8-4-3-5-9-15)14-19(16,17)12-7-6-10-18-12/h6-7,10,14H,3-5,8-9,11H2,1-2H3/p+1. The fourth-order valence-electron chi connectivity index (χ4n) is 2.72. The molecule has 0 atom stereocenters. The van der Waals surface area contributed by atoms with Crippen LogP contribution in [0.25, 0.3) is 0 Å². The Kier molecular flexibility index (Phi) is 4.66. The fraction of sp³-hybridized carbons (Fsp3) is 0.692. The minimum atomic E-state index is -3.37. The summed E-state index contributed by atoms with van der Waals surface area (Å²) < 4.78 is 27.7. The Balaban J connectivity index is 2.00. The third kappa shape index (κ3) is 4.27. The maximum absolute atomic E-state index is 12.2. The first kappa shape index (κ1) is 15.0. The van der Waals surface area contributed by atoms with Crippen molar-refractivity contribution < 1.29 is 13.3 Å². The van der Waals surface area contributed by atoms with Crippen LogP contribution in [-0.2, 0) is 10.0 Å².